The van der Waals surface area contributed by atoms with Gasteiger partial charge in [-0.05, 0) is 24.6 Å². The topological polar surface area (TPSA) is 48.1 Å². The van der Waals surface area contributed by atoms with Crippen molar-refractivity contribution in [3.63, 3.8) is 0 Å². The minimum atomic E-state index is 0.526. The molecule has 0 aliphatic heterocycles. The number of hydrogen-bond donors (Lipinski definition) is 1. The van der Waals surface area contributed by atoms with Crippen LogP contribution >= 0.6 is 11.3 Å². The summed E-state index contributed by atoms with van der Waals surface area (Å²) in [6.45, 7) is 2.53. The molecule has 0 fully saturated rings. The van der Waals surface area contributed by atoms with Crippen molar-refractivity contribution in [3.05, 3.63) is 40.3 Å². The van der Waals surface area contributed by atoms with Gasteiger partial charge in [0.2, 0.25) is 0 Å². The molecule has 78 valence electrons. The standard InChI is InChI=1S/C11H12N2OS/c1-8-2-3-11(10(12)4-8)14-6-9-5-13-7-15-9/h2-5,7H,6,12H2,1H3. The Bertz CT molecular complexity index is 440. The van der Waals surface area contributed by atoms with E-state index in [4.69, 9.17) is 10.5 Å². The molecule has 0 saturated carbocycles. The van der Waals surface area contributed by atoms with Crippen LogP contribution < -0.4 is 10.5 Å². The van der Waals surface area contributed by atoms with Gasteiger partial charge in [0.05, 0.1) is 16.1 Å². The van der Waals surface area contributed by atoms with Gasteiger partial charge in [-0.2, -0.15) is 0 Å². The van der Waals surface area contributed by atoms with E-state index in [9.17, 15) is 0 Å². The highest BCUT2D eigenvalue weighted by Crippen LogP contribution is 2.23. The first-order valence-corrected chi connectivity index (χ1v) is 5.50. The Morgan fingerprint density at radius 1 is 1.47 bits per heavy atom. The molecule has 15 heavy (non-hydrogen) atoms. The molecule has 0 aliphatic carbocycles. The highest BCUT2D eigenvalue weighted by molar-refractivity contribution is 7.09. The number of rotatable bonds is 3. The van der Waals surface area contributed by atoms with E-state index in [-0.39, 0.29) is 0 Å². The molecule has 4 heteroatoms. The van der Waals surface area contributed by atoms with Crippen LogP contribution in [0.1, 0.15) is 10.4 Å². The van der Waals surface area contributed by atoms with Crippen molar-refractivity contribution in [3.8, 4) is 5.75 Å². The quantitative estimate of drug-likeness (QED) is 0.809. The largest absolute Gasteiger partial charge is 0.486 e. The van der Waals surface area contributed by atoms with Gasteiger partial charge in [-0.3, -0.25) is 4.98 Å². The SMILES string of the molecule is Cc1ccc(OCc2cncs2)c(N)c1. The molecule has 1 aromatic carbocycles. The average Bonchev–Trinajstić information content (AvgIpc) is 2.69. The molecule has 0 saturated heterocycles. The lowest BCUT2D eigenvalue weighted by atomic mass is 10.2. The number of nitrogen functional groups attached to an aromatic ring is 1. The molecular formula is C11H12N2OS. The smallest absolute Gasteiger partial charge is 0.142 e. The lowest BCUT2D eigenvalue weighted by Crippen LogP contribution is -1.97. The summed E-state index contributed by atoms with van der Waals surface area (Å²) < 4.78 is 5.58. The van der Waals surface area contributed by atoms with Crippen LogP contribution in [0.2, 0.25) is 0 Å². The van der Waals surface area contributed by atoms with Crippen molar-refractivity contribution in [2.24, 2.45) is 0 Å². The van der Waals surface area contributed by atoms with E-state index < -0.39 is 0 Å². The number of anilines is 1. The summed E-state index contributed by atoms with van der Waals surface area (Å²) in [6, 6.07) is 5.78. The van der Waals surface area contributed by atoms with Crippen LogP contribution in [0.25, 0.3) is 0 Å². The molecule has 1 aromatic heterocycles. The Balaban J connectivity index is 2.05. The molecule has 0 radical (unpaired) electrons. The molecule has 0 aliphatic rings. The first-order valence-electron chi connectivity index (χ1n) is 4.62. The van der Waals surface area contributed by atoms with Crippen LogP contribution in [0.15, 0.2) is 29.9 Å². The number of hydrogen-bond acceptors (Lipinski definition) is 4. The third-order valence-corrected chi connectivity index (χ3v) is 2.77. The lowest BCUT2D eigenvalue weighted by Gasteiger charge is -2.07. The van der Waals surface area contributed by atoms with Crippen LogP contribution in [0.5, 0.6) is 5.75 Å². The molecular weight excluding hydrogens is 208 g/mol. The zero-order chi connectivity index (χ0) is 10.7. The third kappa shape index (κ3) is 2.47. The van der Waals surface area contributed by atoms with E-state index in [2.05, 4.69) is 4.98 Å². The van der Waals surface area contributed by atoms with Gasteiger partial charge in [-0.15, -0.1) is 11.3 Å². The van der Waals surface area contributed by atoms with Crippen LogP contribution in [0.4, 0.5) is 5.69 Å². The average molecular weight is 220 g/mol. The van der Waals surface area contributed by atoms with Gasteiger partial charge in [-0.1, -0.05) is 6.07 Å². The minimum Gasteiger partial charge on any atom is -0.486 e. The summed E-state index contributed by atoms with van der Waals surface area (Å²) in [6.07, 6.45) is 1.80. The Labute approximate surface area is 92.5 Å². The second kappa shape index (κ2) is 4.31. The maximum Gasteiger partial charge on any atom is 0.142 e. The number of nitrogens with two attached hydrogens (primary N) is 1. The summed E-state index contributed by atoms with van der Waals surface area (Å²) in [5, 5.41) is 0. The molecule has 2 aromatic rings. The van der Waals surface area contributed by atoms with Gasteiger partial charge in [0, 0.05) is 6.20 Å². The number of aromatic nitrogens is 1. The van der Waals surface area contributed by atoms with Crippen LogP contribution in [0.3, 0.4) is 0 Å². The van der Waals surface area contributed by atoms with Crippen LogP contribution in [-0.4, -0.2) is 4.98 Å². The summed E-state index contributed by atoms with van der Waals surface area (Å²) >= 11 is 1.57. The van der Waals surface area contributed by atoms with Gasteiger partial charge in [0.25, 0.3) is 0 Å². The normalized spacial score (nSPS) is 10.2. The molecule has 3 nitrogen and oxygen atoms in total. The monoisotopic (exact) mass is 220 g/mol. The van der Waals surface area contributed by atoms with Crippen LogP contribution in [-0.2, 0) is 6.61 Å². The fraction of sp³-hybridized carbons (Fsp3) is 0.182. The summed E-state index contributed by atoms with van der Waals surface area (Å²) in [7, 11) is 0. The van der Waals surface area contributed by atoms with Gasteiger partial charge in [0.1, 0.15) is 12.4 Å². The molecule has 0 atom stereocenters. The predicted molar refractivity (Wildman–Crippen MR) is 62.0 cm³/mol. The van der Waals surface area contributed by atoms with Gasteiger partial charge >= 0.3 is 0 Å². The molecule has 0 amide bonds. The summed E-state index contributed by atoms with van der Waals surface area (Å²) in [5.41, 5.74) is 9.43. The molecule has 2 N–H and O–H groups in total. The van der Waals surface area contributed by atoms with Crippen molar-refractivity contribution < 1.29 is 4.74 Å². The van der Waals surface area contributed by atoms with Crippen molar-refractivity contribution in [1.29, 1.82) is 0 Å². The summed E-state index contributed by atoms with van der Waals surface area (Å²) in [4.78, 5) is 5.07. The Morgan fingerprint density at radius 2 is 2.33 bits per heavy atom. The van der Waals surface area contributed by atoms with Crippen molar-refractivity contribution in [2.45, 2.75) is 13.5 Å². The summed E-state index contributed by atoms with van der Waals surface area (Å²) in [5.74, 6) is 0.731. The van der Waals surface area contributed by atoms with Crippen LogP contribution in [0, 0.1) is 6.92 Å². The van der Waals surface area contributed by atoms with E-state index >= 15 is 0 Å². The minimum absolute atomic E-state index is 0.526. The second-order valence-corrected chi connectivity index (χ2v) is 4.27. The maximum absolute atomic E-state index is 5.82. The van der Waals surface area contributed by atoms with Crippen molar-refractivity contribution >= 4 is 17.0 Å². The maximum atomic E-state index is 5.82. The van der Waals surface area contributed by atoms with E-state index in [0.717, 1.165) is 16.2 Å². The van der Waals surface area contributed by atoms with E-state index in [1.54, 1.807) is 23.0 Å². The number of aryl methyl sites for hydroxylation is 1. The number of nitrogens with zero attached hydrogens (tertiary/aromatic N) is 1. The Morgan fingerprint density at radius 3 is 3.00 bits per heavy atom. The van der Waals surface area contributed by atoms with Crippen molar-refractivity contribution in [1.82, 2.24) is 4.98 Å². The lowest BCUT2D eigenvalue weighted by molar-refractivity contribution is 0.311. The third-order valence-electron chi connectivity index (χ3n) is 2.02. The predicted octanol–water partition coefficient (Wildman–Crippen LogP) is 2.61. The number of thiazole rings is 1. The van der Waals surface area contributed by atoms with Gasteiger partial charge in [0.15, 0.2) is 0 Å². The fourth-order valence-electron chi connectivity index (χ4n) is 1.26. The van der Waals surface area contributed by atoms with Gasteiger partial charge in [-0.25, -0.2) is 0 Å². The fourth-order valence-corrected chi connectivity index (χ4v) is 1.77. The first kappa shape index (κ1) is 9.98. The zero-order valence-electron chi connectivity index (χ0n) is 8.43. The van der Waals surface area contributed by atoms with E-state index in [1.807, 2.05) is 25.1 Å². The van der Waals surface area contributed by atoms with E-state index in [1.165, 1.54) is 0 Å². The first-order chi connectivity index (χ1) is 7.25. The Kier molecular flexibility index (Phi) is 2.87. The number of ether oxygens (including phenoxy) is 1. The van der Waals surface area contributed by atoms with E-state index in [0.29, 0.717) is 12.3 Å². The number of benzene rings is 1. The van der Waals surface area contributed by atoms with Crippen molar-refractivity contribution in [2.75, 3.05) is 5.73 Å². The zero-order valence-corrected chi connectivity index (χ0v) is 9.25. The molecule has 0 unspecified atom stereocenters. The molecule has 2 rings (SSSR count). The Hall–Kier alpha value is -1.55. The van der Waals surface area contributed by atoms with Gasteiger partial charge < -0.3 is 10.5 Å². The molecule has 1 heterocycles. The molecule has 0 spiro atoms. The highest BCUT2D eigenvalue weighted by Gasteiger charge is 2.01. The highest BCUT2D eigenvalue weighted by atomic mass is 32.1. The second-order valence-electron chi connectivity index (χ2n) is 3.30. The molecule has 0 bridgehead atoms.